The van der Waals surface area contributed by atoms with Crippen LogP contribution in [-0.2, 0) is 17.9 Å². The summed E-state index contributed by atoms with van der Waals surface area (Å²) in [6.07, 6.45) is 0. The summed E-state index contributed by atoms with van der Waals surface area (Å²) in [6, 6.07) is 19.2. The molecule has 1 N–H and O–H groups in total. The lowest BCUT2D eigenvalue weighted by molar-refractivity contribution is -0.116. The van der Waals surface area contributed by atoms with Gasteiger partial charge in [-0.1, -0.05) is 29.8 Å². The highest BCUT2D eigenvalue weighted by Gasteiger charge is 2.22. The van der Waals surface area contributed by atoms with Crippen LogP contribution in [0.2, 0.25) is 0 Å². The third-order valence-electron chi connectivity index (χ3n) is 6.06. The zero-order valence-electron chi connectivity index (χ0n) is 20.6. The Balaban J connectivity index is 1.53. The van der Waals surface area contributed by atoms with Crippen molar-refractivity contribution >= 4 is 23.3 Å². The number of hydrogen-bond donors (Lipinski definition) is 1. The van der Waals surface area contributed by atoms with Gasteiger partial charge in [-0.3, -0.25) is 4.79 Å². The summed E-state index contributed by atoms with van der Waals surface area (Å²) in [5, 5.41) is 2.97. The quantitative estimate of drug-likeness (QED) is 0.547. The average molecular weight is 474 g/mol. The van der Waals surface area contributed by atoms with Gasteiger partial charge in [0.2, 0.25) is 5.91 Å². The first-order valence-electron chi connectivity index (χ1n) is 11.6. The van der Waals surface area contributed by atoms with Gasteiger partial charge < -0.3 is 24.6 Å². The molecule has 1 heterocycles. The molecule has 0 aromatic heterocycles. The highest BCUT2D eigenvalue weighted by Crippen LogP contribution is 2.29. The minimum absolute atomic E-state index is 0.0341. The van der Waals surface area contributed by atoms with Crippen LogP contribution in [0.5, 0.6) is 11.5 Å². The van der Waals surface area contributed by atoms with Gasteiger partial charge in [-0.25, -0.2) is 4.79 Å². The van der Waals surface area contributed by atoms with Gasteiger partial charge in [0.15, 0.2) is 0 Å². The molecule has 0 saturated carbocycles. The lowest BCUT2D eigenvalue weighted by atomic mass is 10.1. The molecule has 0 unspecified atom stereocenters. The Labute approximate surface area is 206 Å². The molecule has 3 aromatic rings. The van der Waals surface area contributed by atoms with Gasteiger partial charge in [-0.15, -0.1) is 0 Å². The largest absolute Gasteiger partial charge is 0.495 e. The molecule has 1 aliphatic rings. The van der Waals surface area contributed by atoms with Crippen LogP contribution in [0.3, 0.4) is 0 Å². The van der Waals surface area contributed by atoms with Crippen molar-refractivity contribution in [3.63, 3.8) is 0 Å². The number of nitrogens with zero attached hydrogens (tertiary/aromatic N) is 2. The Kier molecular flexibility index (Phi) is 7.25. The van der Waals surface area contributed by atoms with Crippen molar-refractivity contribution in [3.8, 4) is 11.5 Å². The molecule has 3 amide bonds. The minimum atomic E-state index is -0.222. The minimum Gasteiger partial charge on any atom is -0.495 e. The monoisotopic (exact) mass is 473 g/mol. The zero-order chi connectivity index (χ0) is 24.9. The Hall–Kier alpha value is -4.00. The van der Waals surface area contributed by atoms with Crippen molar-refractivity contribution in [1.29, 1.82) is 0 Å². The smallest absolute Gasteiger partial charge is 0.322 e. The summed E-state index contributed by atoms with van der Waals surface area (Å²) < 4.78 is 11.3. The summed E-state index contributed by atoms with van der Waals surface area (Å²) in [5.74, 6) is 1.33. The lowest BCUT2D eigenvalue weighted by Crippen LogP contribution is -2.36. The van der Waals surface area contributed by atoms with Crippen LogP contribution in [0, 0.1) is 13.8 Å². The molecule has 4 rings (SSSR count). The number of rotatable bonds is 5. The van der Waals surface area contributed by atoms with Crippen LogP contribution >= 0.6 is 0 Å². The van der Waals surface area contributed by atoms with E-state index in [9.17, 15) is 9.59 Å². The van der Waals surface area contributed by atoms with E-state index in [-0.39, 0.29) is 11.9 Å². The van der Waals surface area contributed by atoms with Gasteiger partial charge in [0, 0.05) is 18.2 Å². The number of carbonyl (C=O) groups is 2. The first-order valence-corrected chi connectivity index (χ1v) is 11.6. The summed E-state index contributed by atoms with van der Waals surface area (Å²) >= 11 is 0. The molecule has 1 aliphatic heterocycles. The van der Waals surface area contributed by atoms with E-state index in [1.165, 1.54) is 0 Å². The maximum Gasteiger partial charge on any atom is 0.322 e. The van der Waals surface area contributed by atoms with E-state index >= 15 is 0 Å². The summed E-state index contributed by atoms with van der Waals surface area (Å²) in [5.41, 5.74) is 5.51. The number of nitrogens with one attached hydrogen (secondary N) is 1. The van der Waals surface area contributed by atoms with E-state index < -0.39 is 0 Å². The summed E-state index contributed by atoms with van der Waals surface area (Å²) in [7, 11) is 1.58. The highest BCUT2D eigenvalue weighted by atomic mass is 16.5. The SMILES string of the molecule is COc1ccc(C)cc1NC(=O)N1CCOc2ccc(CN(C(C)=O)c3ccc(C)cc3)cc2C1. The number of methoxy groups -OCH3 is 1. The molecular formula is C28H31N3O4. The number of benzene rings is 3. The van der Waals surface area contributed by atoms with E-state index in [0.717, 1.165) is 33.7 Å². The molecule has 0 atom stereocenters. The van der Waals surface area contributed by atoms with Crippen molar-refractivity contribution in [2.24, 2.45) is 0 Å². The van der Waals surface area contributed by atoms with Crippen LogP contribution in [0.15, 0.2) is 60.7 Å². The maximum absolute atomic E-state index is 13.1. The zero-order valence-corrected chi connectivity index (χ0v) is 20.6. The van der Waals surface area contributed by atoms with Crippen LogP contribution in [-0.4, -0.2) is 37.1 Å². The standard InChI is InChI=1S/C28H31N3O4/c1-19-5-9-24(10-6-19)31(21(3)32)17-22-8-12-26-23(16-22)18-30(13-14-35-26)28(33)29-25-15-20(2)7-11-27(25)34-4/h5-12,15-16H,13-14,17-18H2,1-4H3,(H,29,33). The van der Waals surface area contributed by atoms with E-state index in [4.69, 9.17) is 9.47 Å². The fourth-order valence-corrected chi connectivity index (χ4v) is 4.12. The predicted molar refractivity (Wildman–Crippen MR) is 137 cm³/mol. The molecule has 0 bridgehead atoms. The number of anilines is 2. The number of urea groups is 1. The second kappa shape index (κ2) is 10.5. The van der Waals surface area contributed by atoms with Gasteiger partial charge in [0.25, 0.3) is 0 Å². The molecule has 0 fully saturated rings. The Morgan fingerprint density at radius 2 is 1.77 bits per heavy atom. The van der Waals surface area contributed by atoms with Crippen molar-refractivity contribution in [2.75, 3.05) is 30.5 Å². The molecule has 182 valence electrons. The first kappa shape index (κ1) is 24.1. The van der Waals surface area contributed by atoms with Gasteiger partial charge >= 0.3 is 6.03 Å². The van der Waals surface area contributed by atoms with Crippen LogP contribution in [0.4, 0.5) is 16.2 Å². The summed E-state index contributed by atoms with van der Waals surface area (Å²) in [6.45, 7) is 7.23. The number of amides is 3. The molecule has 0 spiro atoms. The number of hydrogen-bond acceptors (Lipinski definition) is 4. The third kappa shape index (κ3) is 5.74. The molecule has 35 heavy (non-hydrogen) atoms. The summed E-state index contributed by atoms with van der Waals surface area (Å²) in [4.78, 5) is 29.0. The Morgan fingerprint density at radius 1 is 1.03 bits per heavy atom. The van der Waals surface area contributed by atoms with Gasteiger partial charge in [-0.2, -0.15) is 0 Å². The van der Waals surface area contributed by atoms with Crippen molar-refractivity contribution in [1.82, 2.24) is 4.90 Å². The number of carbonyl (C=O) groups excluding carboxylic acids is 2. The van der Waals surface area contributed by atoms with Crippen LogP contribution < -0.4 is 19.7 Å². The average Bonchev–Trinajstić information content (AvgIpc) is 3.05. The second-order valence-electron chi connectivity index (χ2n) is 8.79. The highest BCUT2D eigenvalue weighted by molar-refractivity contribution is 5.92. The van der Waals surface area contributed by atoms with Crippen molar-refractivity contribution in [2.45, 2.75) is 33.9 Å². The van der Waals surface area contributed by atoms with Gasteiger partial charge in [0.05, 0.1) is 32.4 Å². The predicted octanol–water partition coefficient (Wildman–Crippen LogP) is 5.29. The van der Waals surface area contributed by atoms with E-state index in [1.807, 2.05) is 74.5 Å². The van der Waals surface area contributed by atoms with Crippen molar-refractivity contribution < 1.29 is 19.1 Å². The molecule has 7 heteroatoms. The lowest BCUT2D eigenvalue weighted by Gasteiger charge is -2.23. The third-order valence-corrected chi connectivity index (χ3v) is 6.06. The Bertz CT molecular complexity index is 1220. The topological polar surface area (TPSA) is 71.1 Å². The number of aryl methyl sites for hydroxylation is 2. The fraction of sp³-hybridized carbons (Fsp3) is 0.286. The number of fused-ring (bicyclic) bond motifs is 1. The van der Waals surface area contributed by atoms with Crippen molar-refractivity contribution in [3.05, 3.63) is 82.9 Å². The normalized spacial score (nSPS) is 12.7. The van der Waals surface area contributed by atoms with E-state index in [2.05, 4.69) is 5.32 Å². The first-order chi connectivity index (χ1) is 16.8. The molecule has 0 aliphatic carbocycles. The van der Waals surface area contributed by atoms with Gasteiger partial charge in [0.1, 0.15) is 18.1 Å². The fourth-order valence-electron chi connectivity index (χ4n) is 4.12. The second-order valence-corrected chi connectivity index (χ2v) is 8.79. The maximum atomic E-state index is 13.1. The molecular weight excluding hydrogens is 442 g/mol. The van der Waals surface area contributed by atoms with Crippen LogP contribution in [0.25, 0.3) is 0 Å². The van der Waals surface area contributed by atoms with E-state index in [1.54, 1.807) is 23.8 Å². The van der Waals surface area contributed by atoms with Gasteiger partial charge in [-0.05, 0) is 61.4 Å². The van der Waals surface area contributed by atoms with Crippen LogP contribution in [0.1, 0.15) is 29.2 Å². The van der Waals surface area contributed by atoms with E-state index in [0.29, 0.717) is 37.7 Å². The molecule has 7 nitrogen and oxygen atoms in total. The molecule has 0 saturated heterocycles. The number of ether oxygens (including phenoxy) is 2. The Morgan fingerprint density at radius 3 is 2.49 bits per heavy atom. The molecule has 0 radical (unpaired) electrons. The molecule has 3 aromatic carbocycles.